The van der Waals surface area contributed by atoms with Gasteiger partial charge in [0.05, 0.1) is 5.70 Å². The number of allylic oxidation sites excluding steroid dienone is 1. The van der Waals surface area contributed by atoms with Crippen molar-refractivity contribution < 1.29 is 0 Å². The predicted octanol–water partition coefficient (Wildman–Crippen LogP) is 3.39. The van der Waals surface area contributed by atoms with E-state index in [2.05, 4.69) is 18.3 Å². The molecule has 1 rings (SSSR count). The third-order valence-corrected chi connectivity index (χ3v) is 1.89. The van der Waals surface area contributed by atoms with Gasteiger partial charge in [-0.3, -0.25) is 4.99 Å². The lowest BCUT2D eigenvalue weighted by Crippen LogP contribution is -1.80. The fourth-order valence-corrected chi connectivity index (χ4v) is 1.14. The van der Waals surface area contributed by atoms with Crippen molar-refractivity contribution in [2.45, 2.75) is 6.92 Å². The number of aliphatic imine (C=N–C) groups is 1. The SMILES string of the molecule is C=Cc1ccc(/C(=C/C)N=C)cc1. The van der Waals surface area contributed by atoms with Gasteiger partial charge >= 0.3 is 0 Å². The van der Waals surface area contributed by atoms with Gasteiger partial charge in [-0.05, 0) is 24.8 Å². The standard InChI is InChI=1S/C12H13N/c1-4-10-6-8-11(9-7-10)12(5-2)13-3/h4-9H,1,3H2,2H3/b12-5-. The molecule has 13 heavy (non-hydrogen) atoms. The van der Waals surface area contributed by atoms with E-state index in [0.29, 0.717) is 0 Å². The molecule has 0 atom stereocenters. The second kappa shape index (κ2) is 4.41. The molecule has 0 N–H and O–H groups in total. The number of benzene rings is 1. The van der Waals surface area contributed by atoms with Gasteiger partial charge in [-0.25, -0.2) is 0 Å². The van der Waals surface area contributed by atoms with Crippen LogP contribution < -0.4 is 0 Å². The molecule has 0 spiro atoms. The summed E-state index contributed by atoms with van der Waals surface area (Å²) < 4.78 is 0. The Morgan fingerprint density at radius 2 is 1.92 bits per heavy atom. The fraction of sp³-hybridized carbons (Fsp3) is 0.0833. The summed E-state index contributed by atoms with van der Waals surface area (Å²) in [4.78, 5) is 3.92. The monoisotopic (exact) mass is 171 g/mol. The zero-order chi connectivity index (χ0) is 9.68. The molecule has 1 aromatic rings. The summed E-state index contributed by atoms with van der Waals surface area (Å²) in [7, 11) is 0. The first-order chi connectivity index (χ1) is 6.31. The van der Waals surface area contributed by atoms with Crippen LogP contribution in [0.1, 0.15) is 18.1 Å². The second-order valence-electron chi connectivity index (χ2n) is 2.66. The number of hydrogen-bond donors (Lipinski definition) is 0. The molecular formula is C12H13N. The summed E-state index contributed by atoms with van der Waals surface area (Å²) in [5.74, 6) is 0. The highest BCUT2D eigenvalue weighted by atomic mass is 14.7. The Morgan fingerprint density at radius 1 is 1.31 bits per heavy atom. The fourth-order valence-electron chi connectivity index (χ4n) is 1.14. The van der Waals surface area contributed by atoms with Crippen molar-refractivity contribution in [3.05, 3.63) is 48.0 Å². The van der Waals surface area contributed by atoms with Gasteiger partial charge in [0.15, 0.2) is 0 Å². The largest absolute Gasteiger partial charge is 0.264 e. The molecule has 1 heteroatoms. The van der Waals surface area contributed by atoms with Crippen LogP contribution in [0.2, 0.25) is 0 Å². The Morgan fingerprint density at radius 3 is 2.31 bits per heavy atom. The number of rotatable bonds is 3. The first-order valence-corrected chi connectivity index (χ1v) is 4.17. The highest BCUT2D eigenvalue weighted by molar-refractivity contribution is 5.68. The molecule has 0 unspecified atom stereocenters. The third kappa shape index (κ3) is 2.15. The maximum atomic E-state index is 3.92. The zero-order valence-corrected chi connectivity index (χ0v) is 7.83. The summed E-state index contributed by atoms with van der Waals surface area (Å²) in [6, 6.07) is 8.05. The molecule has 1 nitrogen and oxygen atoms in total. The van der Waals surface area contributed by atoms with Crippen molar-refractivity contribution in [3.8, 4) is 0 Å². The van der Waals surface area contributed by atoms with E-state index in [0.717, 1.165) is 16.8 Å². The molecule has 0 saturated heterocycles. The van der Waals surface area contributed by atoms with Crippen molar-refractivity contribution in [1.82, 2.24) is 0 Å². The zero-order valence-electron chi connectivity index (χ0n) is 7.83. The minimum absolute atomic E-state index is 0.913. The molecule has 66 valence electrons. The lowest BCUT2D eigenvalue weighted by Gasteiger charge is -2.00. The van der Waals surface area contributed by atoms with Crippen molar-refractivity contribution in [2.24, 2.45) is 4.99 Å². The van der Waals surface area contributed by atoms with Crippen LogP contribution in [0.4, 0.5) is 0 Å². The van der Waals surface area contributed by atoms with E-state index in [1.807, 2.05) is 43.3 Å². The average Bonchev–Trinajstić information content (AvgIpc) is 2.21. The maximum Gasteiger partial charge on any atom is 0.0652 e. The van der Waals surface area contributed by atoms with Crippen molar-refractivity contribution >= 4 is 18.5 Å². The van der Waals surface area contributed by atoms with Crippen LogP contribution in [0.3, 0.4) is 0 Å². The molecule has 0 bridgehead atoms. The van der Waals surface area contributed by atoms with Crippen molar-refractivity contribution in [2.75, 3.05) is 0 Å². The summed E-state index contributed by atoms with van der Waals surface area (Å²) in [6.07, 6.45) is 3.76. The number of nitrogens with zero attached hydrogens (tertiary/aromatic N) is 1. The molecule has 0 aliphatic rings. The number of hydrogen-bond acceptors (Lipinski definition) is 1. The second-order valence-corrected chi connectivity index (χ2v) is 2.66. The van der Waals surface area contributed by atoms with E-state index >= 15 is 0 Å². The van der Waals surface area contributed by atoms with E-state index < -0.39 is 0 Å². The third-order valence-electron chi connectivity index (χ3n) is 1.89. The van der Waals surface area contributed by atoms with E-state index in [1.165, 1.54) is 0 Å². The molecule has 0 saturated carbocycles. The summed E-state index contributed by atoms with van der Waals surface area (Å²) in [5.41, 5.74) is 3.11. The molecule has 0 fully saturated rings. The molecule has 0 aromatic heterocycles. The van der Waals surface area contributed by atoms with Gasteiger partial charge in [0.2, 0.25) is 0 Å². The summed E-state index contributed by atoms with van der Waals surface area (Å²) >= 11 is 0. The van der Waals surface area contributed by atoms with Gasteiger partial charge in [0, 0.05) is 0 Å². The van der Waals surface area contributed by atoms with Crippen LogP contribution in [0.5, 0.6) is 0 Å². The molecule has 0 radical (unpaired) electrons. The highest BCUT2D eigenvalue weighted by Gasteiger charge is 1.95. The molecule has 0 aliphatic heterocycles. The minimum Gasteiger partial charge on any atom is -0.264 e. The Kier molecular flexibility index (Phi) is 3.21. The Balaban J connectivity index is 3.04. The average molecular weight is 171 g/mol. The predicted molar refractivity (Wildman–Crippen MR) is 59.7 cm³/mol. The highest BCUT2D eigenvalue weighted by Crippen LogP contribution is 2.15. The van der Waals surface area contributed by atoms with Gasteiger partial charge in [-0.15, -0.1) is 0 Å². The van der Waals surface area contributed by atoms with Crippen molar-refractivity contribution in [3.63, 3.8) is 0 Å². The van der Waals surface area contributed by atoms with Gasteiger partial charge in [0.1, 0.15) is 0 Å². The molecule has 0 heterocycles. The molecule has 1 aromatic carbocycles. The van der Waals surface area contributed by atoms with E-state index in [9.17, 15) is 0 Å². The van der Waals surface area contributed by atoms with Gasteiger partial charge in [-0.2, -0.15) is 0 Å². The molecular weight excluding hydrogens is 158 g/mol. The quantitative estimate of drug-likeness (QED) is 0.618. The minimum atomic E-state index is 0.913. The Hall–Kier alpha value is -1.63. The van der Waals surface area contributed by atoms with E-state index in [1.54, 1.807) is 0 Å². The van der Waals surface area contributed by atoms with Crippen LogP contribution in [0.15, 0.2) is 41.9 Å². The summed E-state index contributed by atoms with van der Waals surface area (Å²) in [6.45, 7) is 9.16. The topological polar surface area (TPSA) is 12.4 Å². The van der Waals surface area contributed by atoms with Crippen LogP contribution in [-0.4, -0.2) is 6.72 Å². The Bertz CT molecular complexity index is 331. The summed E-state index contributed by atoms with van der Waals surface area (Å²) in [5, 5.41) is 0. The van der Waals surface area contributed by atoms with E-state index in [-0.39, 0.29) is 0 Å². The smallest absolute Gasteiger partial charge is 0.0652 e. The van der Waals surface area contributed by atoms with E-state index in [4.69, 9.17) is 0 Å². The van der Waals surface area contributed by atoms with Gasteiger partial charge < -0.3 is 0 Å². The lowest BCUT2D eigenvalue weighted by molar-refractivity contribution is 1.49. The van der Waals surface area contributed by atoms with Crippen molar-refractivity contribution in [1.29, 1.82) is 0 Å². The maximum absolute atomic E-state index is 3.92. The van der Waals surface area contributed by atoms with Crippen LogP contribution in [-0.2, 0) is 0 Å². The first-order valence-electron chi connectivity index (χ1n) is 4.17. The lowest BCUT2D eigenvalue weighted by atomic mass is 10.1. The Labute approximate surface area is 79.1 Å². The molecule has 0 aliphatic carbocycles. The van der Waals surface area contributed by atoms with Gasteiger partial charge in [-0.1, -0.05) is 43.0 Å². The normalized spacial score (nSPS) is 11.0. The van der Waals surface area contributed by atoms with Crippen LogP contribution >= 0.6 is 0 Å². The molecule has 0 amide bonds. The van der Waals surface area contributed by atoms with Crippen LogP contribution in [0, 0.1) is 0 Å². The van der Waals surface area contributed by atoms with Gasteiger partial charge in [0.25, 0.3) is 0 Å². The first kappa shape index (κ1) is 9.46. The van der Waals surface area contributed by atoms with Crippen LogP contribution in [0.25, 0.3) is 11.8 Å².